The van der Waals surface area contributed by atoms with Crippen LogP contribution in [-0.4, -0.2) is 45.9 Å². The Morgan fingerprint density at radius 3 is 2.37 bits per heavy atom. The quantitative estimate of drug-likeness (QED) is 0.258. The molecule has 0 bridgehead atoms. The van der Waals surface area contributed by atoms with Crippen LogP contribution in [0.4, 0.5) is 5.69 Å². The number of aryl methyl sites for hydroxylation is 1. The molecule has 208 valence electrons. The summed E-state index contributed by atoms with van der Waals surface area (Å²) in [6.45, 7) is 2.10. The van der Waals surface area contributed by atoms with Crippen LogP contribution in [-0.2, 0) is 22.7 Å². The number of anilines is 1. The zero-order valence-electron chi connectivity index (χ0n) is 23.2. The zero-order valence-corrected chi connectivity index (χ0v) is 23.2. The lowest BCUT2D eigenvalue weighted by Crippen LogP contribution is -2.42. The predicted molar refractivity (Wildman–Crippen MR) is 157 cm³/mol. The van der Waals surface area contributed by atoms with Gasteiger partial charge in [-0.1, -0.05) is 53.7 Å². The van der Waals surface area contributed by atoms with Gasteiger partial charge in [0.05, 0.1) is 19.7 Å². The van der Waals surface area contributed by atoms with Crippen molar-refractivity contribution >= 4 is 28.5 Å². The molecule has 1 unspecified atom stereocenters. The second-order valence-electron chi connectivity index (χ2n) is 9.58. The summed E-state index contributed by atoms with van der Waals surface area (Å²) >= 11 is 0. The van der Waals surface area contributed by atoms with Crippen molar-refractivity contribution in [1.82, 2.24) is 19.9 Å². The van der Waals surface area contributed by atoms with E-state index in [4.69, 9.17) is 9.47 Å². The van der Waals surface area contributed by atoms with Gasteiger partial charge in [-0.15, -0.1) is 5.10 Å². The van der Waals surface area contributed by atoms with E-state index in [1.54, 1.807) is 60.2 Å². The largest absolute Gasteiger partial charge is 0.497 e. The van der Waals surface area contributed by atoms with E-state index in [0.717, 1.165) is 16.6 Å². The van der Waals surface area contributed by atoms with Gasteiger partial charge in [0.25, 0.3) is 5.91 Å². The summed E-state index contributed by atoms with van der Waals surface area (Å²) in [5.74, 6) is 0.592. The highest BCUT2D eigenvalue weighted by molar-refractivity contribution is 5.98. The Labute approximate surface area is 238 Å². The van der Waals surface area contributed by atoms with Gasteiger partial charge in [0.1, 0.15) is 29.6 Å². The molecule has 0 aliphatic heterocycles. The molecule has 0 aliphatic carbocycles. The number of hydrogen-bond acceptors (Lipinski definition) is 6. The average Bonchev–Trinajstić information content (AvgIpc) is 3.41. The number of nitrogens with one attached hydrogen (secondary N) is 1. The van der Waals surface area contributed by atoms with E-state index in [-0.39, 0.29) is 24.9 Å². The van der Waals surface area contributed by atoms with E-state index in [2.05, 4.69) is 15.6 Å². The smallest absolute Gasteiger partial charge is 0.251 e. The summed E-state index contributed by atoms with van der Waals surface area (Å²) in [4.78, 5) is 29.9. The third kappa shape index (κ3) is 6.19. The number of carbonyl (C=O) groups excluding carboxylic acids is 2. The number of rotatable bonds is 10. The van der Waals surface area contributed by atoms with Crippen molar-refractivity contribution in [3.8, 4) is 11.5 Å². The first-order valence-electron chi connectivity index (χ1n) is 13.2. The Balaban J connectivity index is 1.57. The average molecular weight is 550 g/mol. The fourth-order valence-electron chi connectivity index (χ4n) is 4.72. The number of carbonyl (C=O) groups is 2. The number of hydrogen-bond donors (Lipinski definition) is 1. The third-order valence-corrected chi connectivity index (χ3v) is 6.95. The lowest BCUT2D eigenvalue weighted by atomic mass is 10.0. The first kappa shape index (κ1) is 27.4. The Morgan fingerprint density at radius 2 is 1.61 bits per heavy atom. The standard InChI is InChI=1S/C32H31N5O4/c1-22-9-4-5-10-24(22)20-36(30(38)21-37-29-14-7-6-13-28(29)34-35-37)31(23-11-8-12-27(19-23)41-3)32(39)33-25-15-17-26(40-2)18-16-25/h4-19,31H,20-21H2,1-3H3,(H,33,39). The van der Waals surface area contributed by atoms with Gasteiger partial charge in [-0.3, -0.25) is 9.59 Å². The molecule has 0 spiro atoms. The number of methoxy groups -OCH3 is 2. The van der Waals surface area contributed by atoms with Crippen LogP contribution in [0.15, 0.2) is 97.1 Å². The van der Waals surface area contributed by atoms with Gasteiger partial charge in [0.2, 0.25) is 5.91 Å². The molecule has 1 aromatic heterocycles. The molecule has 0 saturated carbocycles. The van der Waals surface area contributed by atoms with Crippen LogP contribution >= 0.6 is 0 Å². The summed E-state index contributed by atoms with van der Waals surface area (Å²) in [5, 5.41) is 11.4. The number of para-hydroxylation sites is 1. The number of fused-ring (bicyclic) bond motifs is 1. The topological polar surface area (TPSA) is 98.6 Å². The van der Waals surface area contributed by atoms with Crippen LogP contribution in [0.1, 0.15) is 22.7 Å². The maximum Gasteiger partial charge on any atom is 0.251 e. The molecule has 1 heterocycles. The lowest BCUT2D eigenvalue weighted by molar-refractivity contribution is -0.140. The van der Waals surface area contributed by atoms with Crippen LogP contribution in [0.3, 0.4) is 0 Å². The number of aromatic nitrogens is 3. The van der Waals surface area contributed by atoms with E-state index in [9.17, 15) is 9.59 Å². The normalized spacial score (nSPS) is 11.6. The minimum atomic E-state index is -0.978. The van der Waals surface area contributed by atoms with E-state index in [1.807, 2.05) is 67.6 Å². The van der Waals surface area contributed by atoms with E-state index >= 15 is 0 Å². The first-order valence-corrected chi connectivity index (χ1v) is 13.2. The molecule has 1 atom stereocenters. The molecule has 1 N–H and O–H groups in total. The highest BCUT2D eigenvalue weighted by atomic mass is 16.5. The number of benzene rings is 4. The van der Waals surface area contributed by atoms with Gasteiger partial charge < -0.3 is 19.7 Å². The summed E-state index contributed by atoms with van der Waals surface area (Å²) in [6.07, 6.45) is 0. The van der Waals surface area contributed by atoms with Crippen molar-refractivity contribution in [3.05, 3.63) is 114 Å². The van der Waals surface area contributed by atoms with Gasteiger partial charge in [-0.05, 0) is 72.1 Å². The van der Waals surface area contributed by atoms with E-state index in [0.29, 0.717) is 28.3 Å². The number of amides is 2. The zero-order chi connectivity index (χ0) is 28.8. The molecule has 0 radical (unpaired) electrons. The highest BCUT2D eigenvalue weighted by Crippen LogP contribution is 2.29. The summed E-state index contributed by atoms with van der Waals surface area (Å²) in [7, 11) is 3.15. The monoisotopic (exact) mass is 549 g/mol. The maximum absolute atomic E-state index is 14.2. The van der Waals surface area contributed by atoms with Crippen LogP contribution in [0.25, 0.3) is 11.0 Å². The van der Waals surface area contributed by atoms with E-state index in [1.165, 1.54) is 0 Å². The lowest BCUT2D eigenvalue weighted by Gasteiger charge is -2.32. The van der Waals surface area contributed by atoms with E-state index < -0.39 is 6.04 Å². The number of ether oxygens (including phenoxy) is 2. The van der Waals surface area contributed by atoms with Crippen molar-refractivity contribution in [3.63, 3.8) is 0 Å². The Morgan fingerprint density at radius 1 is 0.878 bits per heavy atom. The molecule has 5 rings (SSSR count). The summed E-state index contributed by atoms with van der Waals surface area (Å²) in [5.41, 5.74) is 4.55. The Bertz CT molecular complexity index is 1660. The molecule has 2 amide bonds. The van der Waals surface area contributed by atoms with Gasteiger partial charge in [0.15, 0.2) is 0 Å². The fraction of sp³-hybridized carbons (Fsp3) is 0.188. The number of nitrogens with zero attached hydrogens (tertiary/aromatic N) is 4. The van der Waals surface area contributed by atoms with Gasteiger partial charge in [-0.25, -0.2) is 4.68 Å². The molecule has 0 aliphatic rings. The molecule has 9 nitrogen and oxygen atoms in total. The van der Waals surface area contributed by atoms with Crippen molar-refractivity contribution in [1.29, 1.82) is 0 Å². The Kier molecular flexibility index (Phi) is 8.24. The predicted octanol–water partition coefficient (Wildman–Crippen LogP) is 5.17. The summed E-state index contributed by atoms with van der Waals surface area (Å²) in [6, 6.07) is 28.6. The molecule has 41 heavy (non-hydrogen) atoms. The van der Waals surface area contributed by atoms with Crippen LogP contribution in [0, 0.1) is 6.92 Å². The van der Waals surface area contributed by atoms with Crippen LogP contribution in [0.2, 0.25) is 0 Å². The molecular weight excluding hydrogens is 518 g/mol. The third-order valence-electron chi connectivity index (χ3n) is 6.95. The summed E-state index contributed by atoms with van der Waals surface area (Å²) < 4.78 is 12.3. The molecule has 0 fully saturated rings. The van der Waals surface area contributed by atoms with Crippen molar-refractivity contribution in [2.24, 2.45) is 0 Å². The second kappa shape index (κ2) is 12.3. The minimum Gasteiger partial charge on any atom is -0.497 e. The van der Waals surface area contributed by atoms with Crippen LogP contribution < -0.4 is 14.8 Å². The SMILES string of the molecule is COc1ccc(NC(=O)C(c2cccc(OC)c2)N(Cc2ccccc2C)C(=O)Cn2nnc3ccccc32)cc1. The molecule has 9 heteroatoms. The van der Waals surface area contributed by atoms with Gasteiger partial charge in [-0.2, -0.15) is 0 Å². The minimum absolute atomic E-state index is 0.0946. The Hall–Kier alpha value is -5.18. The first-order chi connectivity index (χ1) is 20.0. The fourth-order valence-corrected chi connectivity index (χ4v) is 4.72. The highest BCUT2D eigenvalue weighted by Gasteiger charge is 2.33. The van der Waals surface area contributed by atoms with Crippen molar-refractivity contribution in [2.75, 3.05) is 19.5 Å². The van der Waals surface area contributed by atoms with Gasteiger partial charge in [0, 0.05) is 12.2 Å². The van der Waals surface area contributed by atoms with Crippen molar-refractivity contribution in [2.45, 2.75) is 26.1 Å². The second-order valence-corrected chi connectivity index (χ2v) is 9.58. The van der Waals surface area contributed by atoms with Crippen LogP contribution in [0.5, 0.6) is 11.5 Å². The van der Waals surface area contributed by atoms with Crippen molar-refractivity contribution < 1.29 is 19.1 Å². The molecule has 0 saturated heterocycles. The molecular formula is C32H31N5O4. The maximum atomic E-state index is 14.2. The molecule has 4 aromatic carbocycles. The van der Waals surface area contributed by atoms with Gasteiger partial charge >= 0.3 is 0 Å². The molecule has 5 aromatic rings.